The summed E-state index contributed by atoms with van der Waals surface area (Å²) in [5.74, 6) is -2.87. The van der Waals surface area contributed by atoms with Gasteiger partial charge in [0.15, 0.2) is 5.13 Å². The minimum atomic E-state index is -1.47. The monoisotopic (exact) mass is 547 g/mol. The number of nitrogen functional groups attached to an aromatic ring is 1. The molecule has 1 aromatic heterocycles. The summed E-state index contributed by atoms with van der Waals surface area (Å²) >= 11 is 8.22. The number of β-lactam (4-membered cyclic amide) rings is 1. The van der Waals surface area contributed by atoms with Gasteiger partial charge in [-0.05, 0) is 12.1 Å². The third-order valence-corrected chi connectivity index (χ3v) is 8.26. The highest BCUT2D eigenvalue weighted by atomic mass is 35.5. The number of carboxylic acids is 1. The number of oxime groups is 1. The number of likely N-dealkylation sites (N-methyl/N-ethyl adjacent to an activating group) is 1. The van der Waals surface area contributed by atoms with E-state index in [1.165, 1.54) is 11.8 Å². The molecule has 0 bridgehead atoms. The van der Waals surface area contributed by atoms with Gasteiger partial charge in [0.05, 0.1) is 18.7 Å². The lowest BCUT2D eigenvalue weighted by molar-refractivity contribution is -0.301. The van der Waals surface area contributed by atoms with Gasteiger partial charge in [0.25, 0.3) is 11.8 Å². The van der Waals surface area contributed by atoms with Crippen molar-refractivity contribution in [1.82, 2.24) is 24.1 Å². The van der Waals surface area contributed by atoms with Crippen LogP contribution in [0.2, 0.25) is 5.02 Å². The number of fused-ring (bicyclic) bond motifs is 2. The highest BCUT2D eigenvalue weighted by molar-refractivity contribution is 8.00. The third-order valence-electron chi connectivity index (χ3n) is 6.14. The third kappa shape index (κ3) is 3.91. The van der Waals surface area contributed by atoms with E-state index in [0.29, 0.717) is 27.4 Å². The van der Waals surface area contributed by atoms with Crippen molar-refractivity contribution in [3.8, 4) is 0 Å². The van der Waals surface area contributed by atoms with Crippen LogP contribution in [-0.2, 0) is 14.4 Å². The second-order valence-corrected chi connectivity index (χ2v) is 10.8. The van der Waals surface area contributed by atoms with E-state index < -0.39 is 34.9 Å². The predicted octanol–water partition coefficient (Wildman–Crippen LogP) is -0.0225. The lowest BCUT2D eigenvalue weighted by Gasteiger charge is -2.51. The Labute approximate surface area is 217 Å². The Balaban J connectivity index is 1.37. The van der Waals surface area contributed by atoms with E-state index in [1.54, 1.807) is 6.07 Å². The zero-order valence-corrected chi connectivity index (χ0v) is 20.9. The number of anilines is 1. The van der Waals surface area contributed by atoms with Crippen molar-refractivity contribution in [2.75, 3.05) is 25.1 Å². The average molecular weight is 548 g/mol. The number of nitrogens with zero attached hydrogens (tertiary/aromatic N) is 5. The molecular weight excluding hydrogens is 530 g/mol. The molecule has 186 valence electrons. The number of amides is 2. The minimum absolute atomic E-state index is 0.0684. The quantitative estimate of drug-likeness (QED) is 0.147. The molecular formula is C21H18ClN7O5S2. The van der Waals surface area contributed by atoms with E-state index in [1.807, 2.05) is 31.5 Å². The number of rotatable bonds is 6. The first kappa shape index (κ1) is 24.2. The van der Waals surface area contributed by atoms with Gasteiger partial charge >= 0.3 is 0 Å². The fourth-order valence-electron chi connectivity index (χ4n) is 4.51. The van der Waals surface area contributed by atoms with E-state index in [9.17, 15) is 24.7 Å². The number of carbonyl (C=O) groups is 3. The first-order valence-electron chi connectivity index (χ1n) is 10.5. The van der Waals surface area contributed by atoms with E-state index in [-0.39, 0.29) is 16.7 Å². The van der Waals surface area contributed by atoms with Crippen molar-refractivity contribution in [3.05, 3.63) is 52.1 Å². The zero-order valence-electron chi connectivity index (χ0n) is 18.5. The number of halogens is 1. The zero-order chi connectivity index (χ0) is 25.8. The Morgan fingerprint density at radius 3 is 2.89 bits per heavy atom. The highest BCUT2D eigenvalue weighted by Gasteiger charge is 2.54. The van der Waals surface area contributed by atoms with Gasteiger partial charge in [0, 0.05) is 45.6 Å². The van der Waals surface area contributed by atoms with Crippen LogP contribution in [0.25, 0.3) is 6.08 Å². The van der Waals surface area contributed by atoms with Gasteiger partial charge in [-0.1, -0.05) is 16.8 Å². The van der Waals surface area contributed by atoms with Crippen molar-refractivity contribution >= 4 is 75.3 Å². The molecule has 2 amide bonds. The highest BCUT2D eigenvalue weighted by Crippen LogP contribution is 2.43. The Kier molecular flexibility index (Phi) is 5.98. The van der Waals surface area contributed by atoms with Crippen LogP contribution in [0.4, 0.5) is 10.8 Å². The molecule has 0 spiro atoms. The molecule has 1 unspecified atom stereocenters. The average Bonchev–Trinajstić information content (AvgIpc) is 3.40. The molecule has 0 radical (unpaired) electrons. The Morgan fingerprint density at radius 2 is 2.22 bits per heavy atom. The van der Waals surface area contributed by atoms with Crippen LogP contribution in [0.1, 0.15) is 11.4 Å². The Bertz CT molecular complexity index is 1410. The van der Waals surface area contributed by atoms with Gasteiger partial charge in [0.1, 0.15) is 29.8 Å². The lowest BCUT2D eigenvalue weighted by atomic mass is 10.0. The molecule has 15 heteroatoms. The van der Waals surface area contributed by atoms with Crippen molar-refractivity contribution in [3.63, 3.8) is 0 Å². The first-order valence-corrected chi connectivity index (χ1v) is 12.7. The number of aromatic nitrogens is 2. The molecule has 0 saturated carbocycles. The van der Waals surface area contributed by atoms with Gasteiger partial charge < -0.3 is 26.2 Å². The number of quaternary nitrogens is 1. The SMILES string of the molecule is C[N+]1(CC2=C(C(=O)[O-])N3C(=O)[C@@H](NC(=O)/C(=N\O)c4nsc(N)n4)[C@H]3SC2)C=Cc2cc(Cl)ccc21. The summed E-state index contributed by atoms with van der Waals surface area (Å²) < 4.78 is 4.12. The standard InChI is InChI=1S/C21H18ClN7O5S2/c1-29(5-4-9-6-11(22)2-3-12(9)29)7-10-8-35-19-14(18(31)28(19)15(10)20(32)33)24-17(30)13(26-34)16-25-21(23)36-27-16/h2-6,14,19H,7-8H2,1H3,(H4-,23,24,25,27,30,32,33,34)/t14-,19-,29?/m1/s1. The number of carbonyl (C=O) groups excluding carboxylic acids is 3. The number of hydrogen-bond donors (Lipinski definition) is 3. The van der Waals surface area contributed by atoms with Crippen LogP contribution in [0.15, 0.2) is 40.8 Å². The van der Waals surface area contributed by atoms with Crippen molar-refractivity contribution < 1.29 is 24.7 Å². The molecule has 1 aromatic carbocycles. The van der Waals surface area contributed by atoms with Crippen LogP contribution in [0.5, 0.6) is 0 Å². The number of nitrogens with one attached hydrogen (secondary N) is 1. The van der Waals surface area contributed by atoms with Crippen LogP contribution in [-0.4, -0.2) is 73.7 Å². The number of carboxylic acid groups (broad SMARTS) is 1. The number of nitrogens with two attached hydrogens (primary N) is 1. The lowest BCUT2D eigenvalue weighted by Crippen LogP contribution is -2.71. The Hall–Kier alpha value is -3.46. The molecule has 5 rings (SSSR count). The number of hydrogen-bond acceptors (Lipinski definition) is 11. The molecule has 4 heterocycles. The van der Waals surface area contributed by atoms with E-state index >= 15 is 0 Å². The summed E-state index contributed by atoms with van der Waals surface area (Å²) in [6.45, 7) is 0.299. The van der Waals surface area contributed by atoms with E-state index in [2.05, 4.69) is 19.8 Å². The second kappa shape index (κ2) is 8.89. The van der Waals surface area contributed by atoms with Crippen LogP contribution < -0.4 is 20.6 Å². The second-order valence-electron chi connectivity index (χ2n) is 8.45. The molecule has 0 aliphatic carbocycles. The largest absolute Gasteiger partial charge is 0.543 e. The molecule has 2 aromatic rings. The fraction of sp³-hybridized carbons (Fsp3) is 0.238. The van der Waals surface area contributed by atoms with Crippen molar-refractivity contribution in [2.45, 2.75) is 11.4 Å². The summed E-state index contributed by atoms with van der Waals surface area (Å²) in [4.78, 5) is 42.7. The number of benzene rings is 1. The van der Waals surface area contributed by atoms with Gasteiger partial charge in [0.2, 0.25) is 11.5 Å². The number of thioether (sulfide) groups is 1. The maximum atomic E-state index is 13.0. The summed E-state index contributed by atoms with van der Waals surface area (Å²) in [6, 6.07) is 4.46. The first-order chi connectivity index (χ1) is 17.1. The maximum absolute atomic E-state index is 13.0. The molecule has 1 fully saturated rings. The topological polar surface area (TPSA) is 174 Å². The van der Waals surface area contributed by atoms with Crippen LogP contribution in [0.3, 0.4) is 0 Å². The van der Waals surface area contributed by atoms with Gasteiger partial charge in [-0.25, -0.2) is 0 Å². The molecule has 3 aliphatic rings. The van der Waals surface area contributed by atoms with Gasteiger partial charge in [-0.2, -0.15) is 9.36 Å². The molecule has 1 saturated heterocycles. The molecule has 4 N–H and O–H groups in total. The van der Waals surface area contributed by atoms with Crippen molar-refractivity contribution in [2.24, 2.45) is 5.16 Å². The Morgan fingerprint density at radius 1 is 1.44 bits per heavy atom. The smallest absolute Gasteiger partial charge is 0.278 e. The summed E-state index contributed by atoms with van der Waals surface area (Å²) in [7, 11) is 1.93. The molecule has 36 heavy (non-hydrogen) atoms. The summed E-state index contributed by atoms with van der Waals surface area (Å²) in [5, 5.41) is 26.8. The van der Waals surface area contributed by atoms with Gasteiger partial charge in [-0.15, -0.1) is 11.8 Å². The minimum Gasteiger partial charge on any atom is -0.543 e. The molecule has 3 atom stereocenters. The molecule has 12 nitrogen and oxygen atoms in total. The summed E-state index contributed by atoms with van der Waals surface area (Å²) in [5.41, 5.74) is 7.21. The normalized spacial score (nSPS) is 24.9. The van der Waals surface area contributed by atoms with E-state index in [0.717, 1.165) is 27.7 Å². The maximum Gasteiger partial charge on any atom is 0.278 e. The van der Waals surface area contributed by atoms with Crippen LogP contribution in [0, 0.1) is 0 Å². The molecule has 3 aliphatic heterocycles. The fourth-order valence-corrected chi connectivity index (χ4v) is 6.46. The van der Waals surface area contributed by atoms with E-state index in [4.69, 9.17) is 17.3 Å². The van der Waals surface area contributed by atoms with Crippen molar-refractivity contribution in [1.29, 1.82) is 0 Å². The summed E-state index contributed by atoms with van der Waals surface area (Å²) in [6.07, 6.45) is 3.86. The van der Waals surface area contributed by atoms with Crippen LogP contribution >= 0.6 is 34.9 Å². The predicted molar refractivity (Wildman–Crippen MR) is 133 cm³/mol. The van der Waals surface area contributed by atoms with Gasteiger partial charge in [-0.3, -0.25) is 19.0 Å². The number of aliphatic carboxylic acids is 1.